The van der Waals surface area contributed by atoms with Gasteiger partial charge in [-0.05, 0) is 19.1 Å². The van der Waals surface area contributed by atoms with Crippen molar-refractivity contribution in [2.45, 2.75) is 6.92 Å². The largest absolute Gasteiger partial charge is 0.415 e. The van der Waals surface area contributed by atoms with Gasteiger partial charge in [0.25, 0.3) is 0 Å². The Kier molecular flexibility index (Phi) is 2.37. The molecule has 0 aliphatic heterocycles. The average molecular weight is 206 g/mol. The fraction of sp³-hybridized carbons (Fsp3) is 0.300. The number of nitrogens with one attached hydrogen (secondary N) is 1. The van der Waals surface area contributed by atoms with Crippen LogP contribution in [0.5, 0.6) is 0 Å². The smallest absolute Gasteiger partial charge is 0.133 e. The first-order valence-corrected chi connectivity index (χ1v) is 4.81. The fourth-order valence-electron chi connectivity index (χ4n) is 1.60. The number of benzene rings is 1. The van der Waals surface area contributed by atoms with Crippen molar-refractivity contribution in [3.63, 3.8) is 0 Å². The molecular weight excluding hydrogens is 192 g/mol. The molecule has 2 rings (SSSR count). The van der Waals surface area contributed by atoms with E-state index in [0.29, 0.717) is 5.69 Å². The summed E-state index contributed by atoms with van der Waals surface area (Å²) >= 11 is 0. The number of nitrogens with two attached hydrogens (primary N) is 1. The molecule has 80 valence electrons. The Morgan fingerprint density at radius 3 is 3.00 bits per heavy atom. The molecular formula is C10H14N4O. The van der Waals surface area contributed by atoms with E-state index in [4.69, 9.17) is 10.6 Å². The maximum Gasteiger partial charge on any atom is 0.133 e. The van der Waals surface area contributed by atoms with E-state index < -0.39 is 0 Å². The predicted octanol–water partition coefficient (Wildman–Crippen LogP) is 1.11. The van der Waals surface area contributed by atoms with Gasteiger partial charge in [-0.3, -0.25) is 0 Å². The lowest BCUT2D eigenvalue weighted by Gasteiger charge is -2.07. The highest BCUT2D eigenvalue weighted by atomic mass is 16.6. The highest BCUT2D eigenvalue weighted by Gasteiger charge is 2.10. The molecule has 0 saturated carbocycles. The number of rotatable bonds is 3. The molecule has 0 bridgehead atoms. The van der Waals surface area contributed by atoms with E-state index in [2.05, 4.69) is 10.3 Å². The van der Waals surface area contributed by atoms with Gasteiger partial charge in [-0.15, -0.1) is 0 Å². The lowest BCUT2D eigenvalue weighted by Crippen LogP contribution is -2.05. The number of imidazole rings is 1. The molecule has 3 N–H and O–H groups in total. The van der Waals surface area contributed by atoms with Crippen LogP contribution in [-0.2, 0) is 0 Å². The number of aromatic nitrogens is 2. The van der Waals surface area contributed by atoms with Crippen LogP contribution in [0.1, 0.15) is 6.92 Å². The van der Waals surface area contributed by atoms with Crippen LogP contribution < -0.4 is 15.9 Å². The summed E-state index contributed by atoms with van der Waals surface area (Å²) in [5.41, 5.74) is 9.14. The van der Waals surface area contributed by atoms with Crippen molar-refractivity contribution < 1.29 is 4.84 Å². The standard InChI is InChI=1S/C10H14N4O/c1-3-12-8-5-4-7(11)10-9(8)13-6-14(10)15-2/h4-6,12H,3,11H2,1-2H3. The fourth-order valence-corrected chi connectivity index (χ4v) is 1.60. The molecule has 1 aromatic heterocycles. The van der Waals surface area contributed by atoms with E-state index in [1.54, 1.807) is 18.2 Å². The van der Waals surface area contributed by atoms with Crippen LogP contribution in [0.3, 0.4) is 0 Å². The Morgan fingerprint density at radius 2 is 2.33 bits per heavy atom. The molecule has 5 heteroatoms. The van der Waals surface area contributed by atoms with E-state index in [1.807, 2.05) is 19.1 Å². The number of hydrogen-bond acceptors (Lipinski definition) is 4. The predicted molar refractivity (Wildman–Crippen MR) is 60.8 cm³/mol. The molecule has 0 fully saturated rings. The number of nitrogens with zero attached hydrogens (tertiary/aromatic N) is 2. The zero-order valence-electron chi connectivity index (χ0n) is 8.82. The minimum Gasteiger partial charge on any atom is -0.415 e. The summed E-state index contributed by atoms with van der Waals surface area (Å²) in [4.78, 5) is 9.39. The first-order chi connectivity index (χ1) is 7.27. The van der Waals surface area contributed by atoms with Crippen molar-refractivity contribution in [3.8, 4) is 0 Å². The van der Waals surface area contributed by atoms with Crippen LogP contribution in [0, 0.1) is 0 Å². The van der Waals surface area contributed by atoms with Gasteiger partial charge in [-0.25, -0.2) is 4.98 Å². The summed E-state index contributed by atoms with van der Waals surface area (Å²) in [6.45, 7) is 2.88. The first kappa shape index (κ1) is 9.64. The van der Waals surface area contributed by atoms with Crippen LogP contribution in [0.25, 0.3) is 11.0 Å². The molecule has 15 heavy (non-hydrogen) atoms. The van der Waals surface area contributed by atoms with E-state index in [-0.39, 0.29) is 0 Å². The van der Waals surface area contributed by atoms with Crippen molar-refractivity contribution in [1.82, 2.24) is 9.71 Å². The lowest BCUT2D eigenvalue weighted by atomic mass is 10.2. The Hall–Kier alpha value is -1.91. The summed E-state index contributed by atoms with van der Waals surface area (Å²) in [7, 11) is 1.58. The Morgan fingerprint density at radius 1 is 1.53 bits per heavy atom. The molecule has 2 aromatic rings. The zero-order chi connectivity index (χ0) is 10.8. The van der Waals surface area contributed by atoms with Gasteiger partial charge in [-0.2, -0.15) is 4.73 Å². The van der Waals surface area contributed by atoms with Gasteiger partial charge in [0.15, 0.2) is 0 Å². The van der Waals surface area contributed by atoms with E-state index in [9.17, 15) is 0 Å². The number of fused-ring (bicyclic) bond motifs is 1. The first-order valence-electron chi connectivity index (χ1n) is 4.81. The van der Waals surface area contributed by atoms with E-state index in [1.165, 1.54) is 0 Å². The summed E-state index contributed by atoms with van der Waals surface area (Å²) in [5.74, 6) is 0. The zero-order valence-corrected chi connectivity index (χ0v) is 8.82. The summed E-state index contributed by atoms with van der Waals surface area (Å²) in [6, 6.07) is 3.77. The third kappa shape index (κ3) is 1.45. The van der Waals surface area contributed by atoms with Crippen LogP contribution in [0.2, 0.25) is 0 Å². The lowest BCUT2D eigenvalue weighted by molar-refractivity contribution is 0.177. The molecule has 0 atom stereocenters. The van der Waals surface area contributed by atoms with Crippen LogP contribution in [0.4, 0.5) is 11.4 Å². The quantitative estimate of drug-likeness (QED) is 0.738. The topological polar surface area (TPSA) is 65.1 Å². The van der Waals surface area contributed by atoms with Gasteiger partial charge in [0.05, 0.1) is 11.4 Å². The van der Waals surface area contributed by atoms with Crippen molar-refractivity contribution >= 4 is 22.4 Å². The van der Waals surface area contributed by atoms with Gasteiger partial charge >= 0.3 is 0 Å². The SMILES string of the molecule is CCNc1ccc(N)c2c1ncn2OC. The Balaban J connectivity index is 2.67. The molecule has 0 radical (unpaired) electrons. The molecule has 0 saturated heterocycles. The van der Waals surface area contributed by atoms with Gasteiger partial charge in [0.1, 0.15) is 24.5 Å². The van der Waals surface area contributed by atoms with Crippen molar-refractivity contribution in [3.05, 3.63) is 18.5 Å². The normalized spacial score (nSPS) is 10.5. The molecule has 5 nitrogen and oxygen atoms in total. The van der Waals surface area contributed by atoms with E-state index in [0.717, 1.165) is 23.3 Å². The van der Waals surface area contributed by atoms with Crippen LogP contribution in [-0.4, -0.2) is 23.4 Å². The van der Waals surface area contributed by atoms with Crippen LogP contribution in [0.15, 0.2) is 18.5 Å². The molecule has 0 unspecified atom stereocenters. The maximum absolute atomic E-state index is 5.87. The molecule has 0 amide bonds. The number of anilines is 2. The minimum atomic E-state index is 0.658. The van der Waals surface area contributed by atoms with Gasteiger partial charge < -0.3 is 15.9 Å². The van der Waals surface area contributed by atoms with Crippen molar-refractivity contribution in [2.75, 3.05) is 24.7 Å². The summed E-state index contributed by atoms with van der Waals surface area (Å²) < 4.78 is 1.56. The second-order valence-electron chi connectivity index (χ2n) is 3.18. The van der Waals surface area contributed by atoms with Gasteiger partial charge in [-0.1, -0.05) is 0 Å². The average Bonchev–Trinajstić information content (AvgIpc) is 2.67. The van der Waals surface area contributed by atoms with Gasteiger partial charge in [0.2, 0.25) is 0 Å². The number of hydrogen-bond donors (Lipinski definition) is 2. The third-order valence-corrected chi connectivity index (χ3v) is 2.26. The third-order valence-electron chi connectivity index (χ3n) is 2.26. The van der Waals surface area contributed by atoms with Crippen molar-refractivity contribution in [1.29, 1.82) is 0 Å². The minimum absolute atomic E-state index is 0.658. The molecule has 0 spiro atoms. The summed E-state index contributed by atoms with van der Waals surface area (Å²) in [6.07, 6.45) is 1.61. The second-order valence-corrected chi connectivity index (χ2v) is 3.18. The Labute approximate surface area is 87.8 Å². The Bertz CT molecular complexity index is 477. The molecule has 0 aliphatic rings. The van der Waals surface area contributed by atoms with Crippen LogP contribution >= 0.6 is 0 Å². The molecule has 1 aromatic carbocycles. The van der Waals surface area contributed by atoms with Crippen molar-refractivity contribution in [2.24, 2.45) is 0 Å². The maximum atomic E-state index is 5.87. The monoisotopic (exact) mass is 206 g/mol. The summed E-state index contributed by atoms with van der Waals surface area (Å²) in [5, 5.41) is 3.23. The van der Waals surface area contributed by atoms with E-state index >= 15 is 0 Å². The highest BCUT2D eigenvalue weighted by Crippen LogP contribution is 2.26. The highest BCUT2D eigenvalue weighted by molar-refractivity contribution is 5.96. The molecule has 0 aliphatic carbocycles. The number of nitrogen functional groups attached to an aromatic ring is 1. The second kappa shape index (κ2) is 3.68. The van der Waals surface area contributed by atoms with Gasteiger partial charge in [0, 0.05) is 6.54 Å². The molecule has 1 heterocycles.